The van der Waals surface area contributed by atoms with Crippen LogP contribution in [0.2, 0.25) is 10.0 Å². The van der Waals surface area contributed by atoms with Crippen LogP contribution in [0.5, 0.6) is 11.5 Å². The molecule has 0 fully saturated rings. The van der Waals surface area contributed by atoms with E-state index in [4.69, 9.17) is 27.9 Å². The number of phenols is 1. The summed E-state index contributed by atoms with van der Waals surface area (Å²) in [5.74, 6) is -0.210. The number of nitrogens with zero attached hydrogens (tertiary/aromatic N) is 2. The highest BCUT2D eigenvalue weighted by molar-refractivity contribution is 6.33. The molecule has 0 unspecified atom stereocenters. The first-order chi connectivity index (χ1) is 17.3. The van der Waals surface area contributed by atoms with Crippen LogP contribution in [0.1, 0.15) is 16.8 Å². The zero-order valence-corrected chi connectivity index (χ0v) is 20.3. The fraction of sp³-hybridized carbons (Fsp3) is 0.160. The molecular formula is C25H16Cl2F6N2O2. The van der Waals surface area contributed by atoms with Crippen molar-refractivity contribution in [1.82, 2.24) is 9.78 Å². The number of rotatable bonds is 5. The average molecular weight is 561 g/mol. The normalized spacial score (nSPS) is 12.1. The van der Waals surface area contributed by atoms with E-state index >= 15 is 0 Å². The summed E-state index contributed by atoms with van der Waals surface area (Å²) in [6.07, 6.45) is -9.71. The van der Waals surface area contributed by atoms with Crippen molar-refractivity contribution in [3.05, 3.63) is 87.5 Å². The Morgan fingerprint density at radius 2 is 1.51 bits per heavy atom. The van der Waals surface area contributed by atoms with E-state index < -0.39 is 39.9 Å². The van der Waals surface area contributed by atoms with E-state index in [2.05, 4.69) is 5.10 Å². The molecule has 4 rings (SSSR count). The van der Waals surface area contributed by atoms with Crippen LogP contribution in [0.3, 0.4) is 0 Å². The summed E-state index contributed by atoms with van der Waals surface area (Å²) in [6.45, 7) is 0.131. The SMILES string of the molecule is Cn1nc(C(F)(F)F)c(-c2ccc(C(F)(F)F)cc2Cl)c1-c1ccc(OCc2ccc(Cl)cc2)cc1O. The smallest absolute Gasteiger partial charge is 0.435 e. The van der Waals surface area contributed by atoms with Gasteiger partial charge in [0.05, 0.1) is 11.3 Å². The largest absolute Gasteiger partial charge is 0.507 e. The summed E-state index contributed by atoms with van der Waals surface area (Å²) >= 11 is 11.9. The number of phenolic OH excluding ortho intramolecular Hbond substituents is 1. The van der Waals surface area contributed by atoms with Gasteiger partial charge in [-0.3, -0.25) is 4.68 Å². The van der Waals surface area contributed by atoms with Crippen molar-refractivity contribution in [2.45, 2.75) is 19.0 Å². The van der Waals surface area contributed by atoms with E-state index in [1.54, 1.807) is 24.3 Å². The molecule has 1 aromatic heterocycles. The summed E-state index contributed by atoms with van der Waals surface area (Å²) < 4.78 is 87.5. The Hall–Kier alpha value is -3.37. The Morgan fingerprint density at radius 3 is 2.08 bits per heavy atom. The first kappa shape index (κ1) is 26.7. The van der Waals surface area contributed by atoms with E-state index in [0.29, 0.717) is 17.2 Å². The maximum Gasteiger partial charge on any atom is 0.435 e. The van der Waals surface area contributed by atoms with Crippen molar-refractivity contribution >= 4 is 23.2 Å². The van der Waals surface area contributed by atoms with Crippen LogP contribution in [0.25, 0.3) is 22.4 Å². The highest BCUT2D eigenvalue weighted by atomic mass is 35.5. The van der Waals surface area contributed by atoms with Gasteiger partial charge in [0.2, 0.25) is 0 Å². The molecule has 0 saturated heterocycles. The molecule has 3 aromatic carbocycles. The number of hydrogen-bond acceptors (Lipinski definition) is 3. The number of alkyl halides is 6. The van der Waals surface area contributed by atoms with Crippen LogP contribution >= 0.6 is 23.2 Å². The lowest BCUT2D eigenvalue weighted by Crippen LogP contribution is -2.09. The van der Waals surface area contributed by atoms with Gasteiger partial charge in [-0.15, -0.1) is 0 Å². The number of halogens is 8. The summed E-state index contributed by atoms with van der Waals surface area (Å²) in [5, 5.41) is 14.2. The molecule has 37 heavy (non-hydrogen) atoms. The molecule has 0 aliphatic carbocycles. The predicted octanol–water partition coefficient (Wildman–Crippen LogP) is 8.38. The zero-order chi connectivity index (χ0) is 27.1. The van der Waals surface area contributed by atoms with Gasteiger partial charge < -0.3 is 9.84 Å². The van der Waals surface area contributed by atoms with Gasteiger partial charge in [0.15, 0.2) is 5.69 Å². The van der Waals surface area contributed by atoms with Crippen molar-refractivity contribution in [3.8, 4) is 33.9 Å². The van der Waals surface area contributed by atoms with Crippen molar-refractivity contribution in [1.29, 1.82) is 0 Å². The molecule has 4 aromatic rings. The van der Waals surface area contributed by atoms with Gasteiger partial charge in [-0.2, -0.15) is 31.4 Å². The minimum atomic E-state index is -4.96. The second kappa shape index (κ2) is 9.83. The fourth-order valence-electron chi connectivity index (χ4n) is 3.73. The Kier molecular flexibility index (Phi) is 7.09. The number of aromatic hydroxyl groups is 1. The van der Waals surface area contributed by atoms with E-state index in [1.165, 1.54) is 25.2 Å². The van der Waals surface area contributed by atoms with Crippen LogP contribution < -0.4 is 4.74 Å². The Bertz CT molecular complexity index is 1450. The number of aryl methyl sites for hydroxylation is 1. The first-order valence-corrected chi connectivity index (χ1v) is 11.2. The molecule has 0 amide bonds. The molecular weight excluding hydrogens is 545 g/mol. The van der Waals surface area contributed by atoms with E-state index in [0.717, 1.165) is 16.3 Å². The Labute approximate surface area is 216 Å². The van der Waals surface area contributed by atoms with Crippen LogP contribution in [0.15, 0.2) is 60.7 Å². The topological polar surface area (TPSA) is 47.3 Å². The molecule has 0 aliphatic heterocycles. The molecule has 0 radical (unpaired) electrons. The molecule has 0 aliphatic rings. The quantitative estimate of drug-likeness (QED) is 0.249. The van der Waals surface area contributed by atoms with E-state index in [9.17, 15) is 31.4 Å². The van der Waals surface area contributed by atoms with Gasteiger partial charge in [-0.25, -0.2) is 0 Å². The maximum atomic E-state index is 13.9. The van der Waals surface area contributed by atoms with Gasteiger partial charge in [0.1, 0.15) is 18.1 Å². The maximum absolute atomic E-state index is 13.9. The highest BCUT2D eigenvalue weighted by Gasteiger charge is 2.41. The number of hydrogen-bond donors (Lipinski definition) is 1. The fourth-order valence-corrected chi connectivity index (χ4v) is 4.13. The standard InChI is InChI=1S/C25H16Cl2F6N2O2/c1-35-22(18-9-7-16(11-20(18)36)37-12-13-2-5-15(26)6-3-13)21(23(34-35)25(31,32)33)17-8-4-14(10-19(17)27)24(28,29)30/h2-11,36H,12H2,1H3. The van der Waals surface area contributed by atoms with Gasteiger partial charge >= 0.3 is 12.4 Å². The Balaban J connectivity index is 1.78. The molecule has 12 heteroatoms. The molecule has 1 heterocycles. The Morgan fingerprint density at radius 1 is 0.865 bits per heavy atom. The summed E-state index contributed by atoms with van der Waals surface area (Å²) in [6, 6.07) is 12.8. The minimum absolute atomic E-state index is 0.0599. The third-order valence-corrected chi connectivity index (χ3v) is 5.99. The lowest BCUT2D eigenvalue weighted by molar-refractivity contribution is -0.141. The third kappa shape index (κ3) is 5.65. The van der Waals surface area contributed by atoms with Gasteiger partial charge in [-0.05, 0) is 42.0 Å². The molecule has 0 saturated carbocycles. The third-order valence-electron chi connectivity index (χ3n) is 5.42. The summed E-state index contributed by atoms with van der Waals surface area (Å²) in [4.78, 5) is 0. The zero-order valence-electron chi connectivity index (χ0n) is 18.8. The molecule has 1 N–H and O–H groups in total. The van der Waals surface area contributed by atoms with Crippen molar-refractivity contribution in [2.24, 2.45) is 7.05 Å². The first-order valence-electron chi connectivity index (χ1n) is 10.5. The molecule has 0 spiro atoms. The molecule has 0 atom stereocenters. The van der Waals surface area contributed by atoms with Crippen LogP contribution in [-0.2, 0) is 26.0 Å². The van der Waals surface area contributed by atoms with Crippen LogP contribution in [0, 0.1) is 0 Å². The van der Waals surface area contributed by atoms with E-state index in [1.807, 2.05) is 0 Å². The van der Waals surface area contributed by atoms with Gasteiger partial charge in [0.25, 0.3) is 0 Å². The molecule has 0 bridgehead atoms. The summed E-state index contributed by atoms with van der Waals surface area (Å²) in [5.41, 5.74) is -2.86. The van der Waals surface area contributed by atoms with Crippen molar-refractivity contribution in [3.63, 3.8) is 0 Å². The van der Waals surface area contributed by atoms with Gasteiger partial charge in [-0.1, -0.05) is 41.4 Å². The van der Waals surface area contributed by atoms with Gasteiger partial charge in [0, 0.05) is 39.8 Å². The van der Waals surface area contributed by atoms with Crippen LogP contribution in [0.4, 0.5) is 26.3 Å². The highest BCUT2D eigenvalue weighted by Crippen LogP contribution is 2.47. The van der Waals surface area contributed by atoms with Crippen LogP contribution in [-0.4, -0.2) is 14.9 Å². The number of ether oxygens (including phenoxy) is 1. The van der Waals surface area contributed by atoms with E-state index in [-0.39, 0.29) is 29.2 Å². The lowest BCUT2D eigenvalue weighted by Gasteiger charge is -2.15. The number of benzene rings is 3. The van der Waals surface area contributed by atoms with Crippen molar-refractivity contribution < 1.29 is 36.2 Å². The second-order valence-electron chi connectivity index (χ2n) is 7.98. The summed E-state index contributed by atoms with van der Waals surface area (Å²) in [7, 11) is 1.22. The average Bonchev–Trinajstić information content (AvgIpc) is 3.15. The number of aromatic nitrogens is 2. The molecule has 4 nitrogen and oxygen atoms in total. The second-order valence-corrected chi connectivity index (χ2v) is 8.82. The molecule has 194 valence electrons. The monoisotopic (exact) mass is 560 g/mol. The van der Waals surface area contributed by atoms with Crippen molar-refractivity contribution in [2.75, 3.05) is 0 Å². The lowest BCUT2D eigenvalue weighted by atomic mass is 9.96. The minimum Gasteiger partial charge on any atom is -0.507 e. The predicted molar refractivity (Wildman–Crippen MR) is 127 cm³/mol.